The van der Waals surface area contributed by atoms with Crippen molar-refractivity contribution in [2.45, 2.75) is 39.3 Å². The molecular weight excluding hydrogens is 162 g/mol. The molecule has 0 spiro atoms. The standard InChI is InChI=1S/C11H21NO/c1-5-9(2)6-12-7-11(4)13-8-10(12)3/h10-11H,2,5-8H2,1,3-4H3. The predicted octanol–water partition coefficient (Wildman–Crippen LogP) is 2.06. The Balaban J connectivity index is 2.41. The van der Waals surface area contributed by atoms with E-state index in [0.29, 0.717) is 12.1 Å². The summed E-state index contributed by atoms with van der Waals surface area (Å²) in [4.78, 5) is 2.46. The van der Waals surface area contributed by atoms with Crippen LogP contribution in [0.4, 0.5) is 0 Å². The highest BCUT2D eigenvalue weighted by Gasteiger charge is 2.22. The molecule has 2 heteroatoms. The molecule has 2 nitrogen and oxygen atoms in total. The first kappa shape index (κ1) is 10.7. The van der Waals surface area contributed by atoms with Crippen LogP contribution in [0.3, 0.4) is 0 Å². The van der Waals surface area contributed by atoms with E-state index in [0.717, 1.165) is 26.1 Å². The quantitative estimate of drug-likeness (QED) is 0.621. The van der Waals surface area contributed by atoms with Gasteiger partial charge in [-0.3, -0.25) is 4.90 Å². The third-order valence-corrected chi connectivity index (χ3v) is 2.66. The summed E-state index contributed by atoms with van der Waals surface area (Å²) in [5, 5.41) is 0. The van der Waals surface area contributed by atoms with E-state index < -0.39 is 0 Å². The molecule has 0 aromatic carbocycles. The zero-order valence-electron chi connectivity index (χ0n) is 9.05. The number of hydrogen-bond donors (Lipinski definition) is 0. The molecule has 0 aliphatic carbocycles. The maximum Gasteiger partial charge on any atom is 0.0674 e. The lowest BCUT2D eigenvalue weighted by Gasteiger charge is -2.37. The number of ether oxygens (including phenoxy) is 1. The molecule has 0 radical (unpaired) electrons. The average molecular weight is 183 g/mol. The summed E-state index contributed by atoms with van der Waals surface area (Å²) in [7, 11) is 0. The average Bonchev–Trinajstić information content (AvgIpc) is 2.11. The zero-order chi connectivity index (χ0) is 9.84. The van der Waals surface area contributed by atoms with Gasteiger partial charge in [0.1, 0.15) is 0 Å². The van der Waals surface area contributed by atoms with Gasteiger partial charge < -0.3 is 4.74 Å². The fourth-order valence-electron chi connectivity index (χ4n) is 1.59. The van der Waals surface area contributed by atoms with Crippen LogP contribution in [-0.2, 0) is 4.74 Å². The van der Waals surface area contributed by atoms with Gasteiger partial charge in [0, 0.05) is 19.1 Å². The van der Waals surface area contributed by atoms with Crippen molar-refractivity contribution < 1.29 is 4.74 Å². The Labute approximate surface area is 81.6 Å². The maximum atomic E-state index is 5.56. The summed E-state index contributed by atoms with van der Waals surface area (Å²) in [5.41, 5.74) is 1.32. The predicted molar refractivity (Wildman–Crippen MR) is 55.9 cm³/mol. The SMILES string of the molecule is C=C(CC)CN1CC(C)OCC1C. The minimum Gasteiger partial charge on any atom is -0.376 e. The van der Waals surface area contributed by atoms with E-state index in [1.54, 1.807) is 0 Å². The van der Waals surface area contributed by atoms with E-state index in [1.165, 1.54) is 5.57 Å². The van der Waals surface area contributed by atoms with Gasteiger partial charge >= 0.3 is 0 Å². The van der Waals surface area contributed by atoms with Crippen LogP contribution in [0, 0.1) is 0 Å². The molecule has 13 heavy (non-hydrogen) atoms. The van der Waals surface area contributed by atoms with Crippen LogP contribution in [-0.4, -0.2) is 36.7 Å². The van der Waals surface area contributed by atoms with Gasteiger partial charge in [-0.25, -0.2) is 0 Å². The van der Waals surface area contributed by atoms with Gasteiger partial charge in [-0.2, -0.15) is 0 Å². The molecule has 1 rings (SSSR count). The van der Waals surface area contributed by atoms with Gasteiger partial charge in [-0.15, -0.1) is 0 Å². The maximum absolute atomic E-state index is 5.56. The Morgan fingerprint density at radius 1 is 1.54 bits per heavy atom. The lowest BCUT2D eigenvalue weighted by Crippen LogP contribution is -2.47. The molecule has 0 N–H and O–H groups in total. The molecular formula is C11H21NO. The second-order valence-electron chi connectivity index (χ2n) is 4.03. The highest BCUT2D eigenvalue weighted by molar-refractivity contribution is 4.97. The summed E-state index contributed by atoms with van der Waals surface area (Å²) in [6.45, 7) is 13.5. The zero-order valence-corrected chi connectivity index (χ0v) is 9.05. The van der Waals surface area contributed by atoms with E-state index in [2.05, 4.69) is 32.3 Å². The molecule has 0 amide bonds. The molecule has 1 aliphatic heterocycles. The number of rotatable bonds is 3. The fraction of sp³-hybridized carbons (Fsp3) is 0.818. The smallest absolute Gasteiger partial charge is 0.0674 e. The van der Waals surface area contributed by atoms with E-state index in [4.69, 9.17) is 4.74 Å². The minimum absolute atomic E-state index is 0.376. The van der Waals surface area contributed by atoms with E-state index >= 15 is 0 Å². The first-order valence-electron chi connectivity index (χ1n) is 5.15. The molecule has 2 atom stereocenters. The molecule has 0 bridgehead atoms. The highest BCUT2D eigenvalue weighted by atomic mass is 16.5. The first-order chi connectivity index (χ1) is 6.13. The van der Waals surface area contributed by atoms with Crippen molar-refractivity contribution in [2.75, 3.05) is 19.7 Å². The molecule has 1 fully saturated rings. The van der Waals surface area contributed by atoms with Gasteiger partial charge in [0.2, 0.25) is 0 Å². The van der Waals surface area contributed by atoms with Gasteiger partial charge in [-0.1, -0.05) is 19.1 Å². The summed E-state index contributed by atoms with van der Waals surface area (Å²) in [5.74, 6) is 0. The Bertz CT molecular complexity index is 179. The largest absolute Gasteiger partial charge is 0.376 e. The molecule has 1 aliphatic rings. The van der Waals surface area contributed by atoms with Crippen LogP contribution in [0.2, 0.25) is 0 Å². The normalized spacial score (nSPS) is 30.4. The third kappa shape index (κ3) is 3.12. The van der Waals surface area contributed by atoms with Gasteiger partial charge in [0.25, 0.3) is 0 Å². The van der Waals surface area contributed by atoms with Crippen LogP contribution < -0.4 is 0 Å². The lowest BCUT2D eigenvalue weighted by molar-refractivity contribution is -0.0458. The number of nitrogens with zero attached hydrogens (tertiary/aromatic N) is 1. The van der Waals surface area contributed by atoms with E-state index in [1.807, 2.05) is 0 Å². The topological polar surface area (TPSA) is 12.5 Å². The van der Waals surface area contributed by atoms with Crippen LogP contribution in [0.25, 0.3) is 0 Å². The minimum atomic E-state index is 0.376. The molecule has 0 saturated carbocycles. The Hall–Kier alpha value is -0.340. The second-order valence-corrected chi connectivity index (χ2v) is 4.03. The van der Waals surface area contributed by atoms with Crippen LogP contribution in [0.15, 0.2) is 12.2 Å². The fourth-order valence-corrected chi connectivity index (χ4v) is 1.59. The summed E-state index contributed by atoms with van der Waals surface area (Å²) in [6, 6.07) is 0.541. The molecule has 0 aromatic heterocycles. The first-order valence-corrected chi connectivity index (χ1v) is 5.15. The lowest BCUT2D eigenvalue weighted by atomic mass is 10.1. The van der Waals surface area contributed by atoms with Gasteiger partial charge in [0.05, 0.1) is 12.7 Å². The summed E-state index contributed by atoms with van der Waals surface area (Å²) >= 11 is 0. The third-order valence-electron chi connectivity index (χ3n) is 2.66. The summed E-state index contributed by atoms with van der Waals surface area (Å²) in [6.07, 6.45) is 1.46. The Morgan fingerprint density at radius 3 is 2.85 bits per heavy atom. The van der Waals surface area contributed by atoms with Crippen molar-refractivity contribution in [3.8, 4) is 0 Å². The molecule has 1 heterocycles. The highest BCUT2D eigenvalue weighted by Crippen LogP contribution is 2.13. The van der Waals surface area contributed by atoms with E-state index in [9.17, 15) is 0 Å². The monoisotopic (exact) mass is 183 g/mol. The van der Waals surface area contributed by atoms with Crippen molar-refractivity contribution >= 4 is 0 Å². The molecule has 1 saturated heterocycles. The van der Waals surface area contributed by atoms with Crippen LogP contribution in [0.5, 0.6) is 0 Å². The van der Waals surface area contributed by atoms with Crippen molar-refractivity contribution in [3.05, 3.63) is 12.2 Å². The van der Waals surface area contributed by atoms with Crippen molar-refractivity contribution in [2.24, 2.45) is 0 Å². The number of hydrogen-bond acceptors (Lipinski definition) is 2. The second kappa shape index (κ2) is 4.77. The summed E-state index contributed by atoms with van der Waals surface area (Å²) < 4.78 is 5.56. The van der Waals surface area contributed by atoms with Gasteiger partial charge in [-0.05, 0) is 20.3 Å². The van der Waals surface area contributed by atoms with Crippen molar-refractivity contribution in [3.63, 3.8) is 0 Å². The van der Waals surface area contributed by atoms with Crippen molar-refractivity contribution in [1.29, 1.82) is 0 Å². The Kier molecular flexibility index (Phi) is 3.94. The molecule has 0 aromatic rings. The van der Waals surface area contributed by atoms with E-state index in [-0.39, 0.29) is 0 Å². The molecule has 76 valence electrons. The van der Waals surface area contributed by atoms with Crippen LogP contribution >= 0.6 is 0 Å². The molecule has 2 unspecified atom stereocenters. The van der Waals surface area contributed by atoms with Crippen molar-refractivity contribution in [1.82, 2.24) is 4.90 Å². The number of morpholine rings is 1. The Morgan fingerprint density at radius 2 is 2.23 bits per heavy atom. The van der Waals surface area contributed by atoms with Crippen LogP contribution in [0.1, 0.15) is 27.2 Å². The van der Waals surface area contributed by atoms with Gasteiger partial charge in [0.15, 0.2) is 0 Å².